The number of ether oxygens (including phenoxy) is 2. The summed E-state index contributed by atoms with van der Waals surface area (Å²) < 4.78 is 26.2. The Morgan fingerprint density at radius 3 is 2.51 bits per heavy atom. The molecule has 1 aliphatic heterocycles. The predicted molar refractivity (Wildman–Crippen MR) is 130 cm³/mol. The van der Waals surface area contributed by atoms with E-state index in [-0.39, 0.29) is 54.8 Å². The van der Waals surface area contributed by atoms with Crippen LogP contribution in [0.2, 0.25) is 0 Å². The molecule has 3 atom stereocenters. The van der Waals surface area contributed by atoms with Gasteiger partial charge in [0, 0.05) is 51.8 Å². The largest absolute Gasteiger partial charge is 0.491 e. The Kier molecular flexibility index (Phi) is 8.45. The summed E-state index contributed by atoms with van der Waals surface area (Å²) in [6.07, 6.45) is -0.366. The van der Waals surface area contributed by atoms with E-state index in [1.165, 1.54) is 25.1 Å². The third kappa shape index (κ3) is 6.16. The van der Waals surface area contributed by atoms with E-state index >= 15 is 0 Å². The number of nitrogens with zero attached hydrogens (tertiary/aromatic N) is 2. The lowest BCUT2D eigenvalue weighted by atomic mass is 10.0. The molecule has 1 heterocycles. The number of halogens is 1. The van der Waals surface area contributed by atoms with Gasteiger partial charge < -0.3 is 24.6 Å². The number of amides is 3. The lowest BCUT2D eigenvalue weighted by molar-refractivity contribution is -0.114. The molecule has 2 aromatic carbocycles. The van der Waals surface area contributed by atoms with Gasteiger partial charge in [0.2, 0.25) is 5.91 Å². The van der Waals surface area contributed by atoms with E-state index in [2.05, 4.69) is 5.32 Å². The van der Waals surface area contributed by atoms with Crippen molar-refractivity contribution in [2.24, 2.45) is 5.92 Å². The summed E-state index contributed by atoms with van der Waals surface area (Å²) in [6, 6.07) is 10.2. The fourth-order valence-corrected chi connectivity index (χ4v) is 4.13. The molecule has 3 amide bonds. The number of fused-ring (bicyclic) bond motifs is 1. The number of likely N-dealkylation sites (N-methyl/N-ethyl adjacent to an activating group) is 1. The number of benzene rings is 2. The van der Waals surface area contributed by atoms with Gasteiger partial charge in [-0.2, -0.15) is 0 Å². The smallest absolute Gasteiger partial charge is 0.257 e. The molecule has 0 bridgehead atoms. The topological polar surface area (TPSA) is 88.2 Å². The van der Waals surface area contributed by atoms with E-state index in [0.717, 1.165) is 0 Å². The second-order valence-electron chi connectivity index (χ2n) is 8.93. The fourth-order valence-electron chi connectivity index (χ4n) is 4.13. The van der Waals surface area contributed by atoms with Gasteiger partial charge in [-0.1, -0.05) is 19.1 Å². The first kappa shape index (κ1) is 26.2. The average Bonchev–Trinajstić information content (AvgIpc) is 2.82. The van der Waals surface area contributed by atoms with E-state index < -0.39 is 17.8 Å². The number of rotatable bonds is 3. The van der Waals surface area contributed by atoms with Gasteiger partial charge in [0.1, 0.15) is 18.2 Å². The van der Waals surface area contributed by atoms with Gasteiger partial charge in [-0.05, 0) is 31.2 Å². The van der Waals surface area contributed by atoms with Gasteiger partial charge in [-0.15, -0.1) is 0 Å². The summed E-state index contributed by atoms with van der Waals surface area (Å²) in [5, 5.41) is 2.69. The molecule has 0 unspecified atom stereocenters. The molecule has 0 saturated heterocycles. The van der Waals surface area contributed by atoms with E-state index in [4.69, 9.17) is 9.47 Å². The van der Waals surface area contributed by atoms with Crippen LogP contribution >= 0.6 is 0 Å². The fraction of sp³-hybridized carbons (Fsp3) is 0.423. The lowest BCUT2D eigenvalue weighted by Gasteiger charge is -2.36. The highest BCUT2D eigenvalue weighted by Gasteiger charge is 2.31. The summed E-state index contributed by atoms with van der Waals surface area (Å²) >= 11 is 0. The first-order valence-corrected chi connectivity index (χ1v) is 11.5. The Bertz CT molecular complexity index is 1090. The number of hydrogen-bond acceptors (Lipinski definition) is 5. The molecule has 1 N–H and O–H groups in total. The van der Waals surface area contributed by atoms with Crippen molar-refractivity contribution < 1.29 is 28.2 Å². The molecule has 1 aliphatic rings. The van der Waals surface area contributed by atoms with Crippen molar-refractivity contribution in [3.8, 4) is 5.75 Å². The molecular formula is C26H32FN3O5. The van der Waals surface area contributed by atoms with Crippen LogP contribution in [0.25, 0.3) is 0 Å². The monoisotopic (exact) mass is 485 g/mol. The molecule has 0 fully saturated rings. The van der Waals surface area contributed by atoms with Crippen molar-refractivity contribution in [3.63, 3.8) is 0 Å². The van der Waals surface area contributed by atoms with Gasteiger partial charge >= 0.3 is 0 Å². The second-order valence-corrected chi connectivity index (χ2v) is 8.93. The Morgan fingerprint density at radius 2 is 1.86 bits per heavy atom. The Balaban J connectivity index is 2.02. The normalized spacial score (nSPS) is 21.3. The molecule has 0 aliphatic carbocycles. The Hall–Kier alpha value is -3.46. The van der Waals surface area contributed by atoms with Gasteiger partial charge in [0.25, 0.3) is 11.8 Å². The van der Waals surface area contributed by atoms with Crippen LogP contribution in [0, 0.1) is 11.7 Å². The molecule has 8 nitrogen and oxygen atoms in total. The summed E-state index contributed by atoms with van der Waals surface area (Å²) in [5.74, 6) is -1.43. The van der Waals surface area contributed by atoms with E-state index in [1.54, 1.807) is 48.2 Å². The van der Waals surface area contributed by atoms with Crippen molar-refractivity contribution >= 4 is 23.4 Å². The molecular weight excluding hydrogens is 453 g/mol. The highest BCUT2D eigenvalue weighted by atomic mass is 19.1. The number of hydrogen-bond donors (Lipinski definition) is 1. The Morgan fingerprint density at radius 1 is 1.14 bits per heavy atom. The van der Waals surface area contributed by atoms with Crippen LogP contribution in [-0.2, 0) is 9.53 Å². The van der Waals surface area contributed by atoms with Crippen molar-refractivity contribution in [2.45, 2.75) is 32.9 Å². The maximum absolute atomic E-state index is 14.5. The summed E-state index contributed by atoms with van der Waals surface area (Å²) in [6.45, 7) is 5.74. The molecule has 3 rings (SSSR count). The molecule has 0 saturated carbocycles. The van der Waals surface area contributed by atoms with Crippen LogP contribution in [0.4, 0.5) is 10.1 Å². The molecule has 0 radical (unpaired) electrons. The maximum Gasteiger partial charge on any atom is 0.257 e. The van der Waals surface area contributed by atoms with Crippen LogP contribution in [0.3, 0.4) is 0 Å². The molecule has 9 heteroatoms. The van der Waals surface area contributed by atoms with Crippen LogP contribution in [-0.4, -0.2) is 73.5 Å². The number of anilines is 1. The van der Waals surface area contributed by atoms with Gasteiger partial charge in [0.15, 0.2) is 0 Å². The van der Waals surface area contributed by atoms with Crippen LogP contribution in [0.15, 0.2) is 42.5 Å². The minimum absolute atomic E-state index is 0.0201. The van der Waals surface area contributed by atoms with E-state index in [9.17, 15) is 18.8 Å². The summed E-state index contributed by atoms with van der Waals surface area (Å²) in [4.78, 5) is 41.3. The highest BCUT2D eigenvalue weighted by Crippen LogP contribution is 2.27. The molecule has 35 heavy (non-hydrogen) atoms. The number of methoxy groups -OCH3 is 1. The Labute approximate surface area is 205 Å². The standard InChI is InChI=1S/C26H32FN3O5/c1-16-13-30(26(33)20-8-6-7-9-22(20)27)17(2)15-35-23-12-19(28-18(3)31)10-11-21(23)25(32)29(4)14-24(16)34-5/h6-12,16-17,24H,13-15H2,1-5H3,(H,28,31)/t16-,17+,24+/m0/s1. The number of nitrogens with one attached hydrogen (secondary N) is 1. The van der Waals surface area contributed by atoms with Gasteiger partial charge in [-0.25, -0.2) is 4.39 Å². The molecule has 0 spiro atoms. The van der Waals surface area contributed by atoms with Crippen LogP contribution in [0.1, 0.15) is 41.5 Å². The van der Waals surface area contributed by atoms with Crippen molar-refractivity contribution in [1.82, 2.24) is 9.80 Å². The van der Waals surface area contributed by atoms with Crippen molar-refractivity contribution in [2.75, 3.05) is 39.2 Å². The van der Waals surface area contributed by atoms with E-state index in [1.807, 2.05) is 13.8 Å². The quantitative estimate of drug-likeness (QED) is 0.720. The summed E-state index contributed by atoms with van der Waals surface area (Å²) in [5.41, 5.74) is 0.784. The van der Waals surface area contributed by atoms with Gasteiger partial charge in [-0.3, -0.25) is 14.4 Å². The zero-order valence-corrected chi connectivity index (χ0v) is 20.7. The minimum atomic E-state index is -0.594. The van der Waals surface area contributed by atoms with Crippen LogP contribution < -0.4 is 10.1 Å². The van der Waals surface area contributed by atoms with Crippen molar-refractivity contribution in [1.29, 1.82) is 0 Å². The first-order valence-electron chi connectivity index (χ1n) is 11.5. The molecule has 2 aromatic rings. The molecule has 0 aromatic heterocycles. The lowest BCUT2D eigenvalue weighted by Crippen LogP contribution is -2.48. The average molecular weight is 486 g/mol. The number of carbonyl (C=O) groups is 3. The SMILES string of the molecule is CO[C@@H]1CN(C)C(=O)c2ccc(NC(C)=O)cc2OC[C@@H](C)N(C(=O)c2ccccc2F)C[C@@H]1C. The van der Waals surface area contributed by atoms with Crippen LogP contribution in [0.5, 0.6) is 5.75 Å². The third-order valence-electron chi connectivity index (χ3n) is 6.13. The van der Waals surface area contributed by atoms with Gasteiger partial charge in [0.05, 0.1) is 23.3 Å². The zero-order valence-electron chi connectivity index (χ0n) is 20.7. The molecule has 188 valence electrons. The second kappa shape index (κ2) is 11.3. The van der Waals surface area contributed by atoms with E-state index in [0.29, 0.717) is 11.3 Å². The summed E-state index contributed by atoms with van der Waals surface area (Å²) in [7, 11) is 3.23. The minimum Gasteiger partial charge on any atom is -0.491 e. The first-order chi connectivity index (χ1) is 16.6. The number of carbonyl (C=O) groups excluding carboxylic acids is 3. The predicted octanol–water partition coefficient (Wildman–Crippen LogP) is 3.43. The van der Waals surface area contributed by atoms with Crippen molar-refractivity contribution in [3.05, 3.63) is 59.4 Å². The third-order valence-corrected chi connectivity index (χ3v) is 6.13. The highest BCUT2D eigenvalue weighted by molar-refractivity contribution is 5.98. The zero-order chi connectivity index (χ0) is 25.7. The maximum atomic E-state index is 14.5.